The molecule has 0 radical (unpaired) electrons. The normalized spacial score (nSPS) is 16.2. The molecule has 6 heteroatoms. The predicted octanol–water partition coefficient (Wildman–Crippen LogP) is 1.65. The summed E-state index contributed by atoms with van der Waals surface area (Å²) in [5.74, 6) is -0.0900. The Morgan fingerprint density at radius 2 is 2.11 bits per heavy atom. The Kier molecular flexibility index (Phi) is 3.56. The van der Waals surface area contributed by atoms with Crippen LogP contribution in [-0.4, -0.2) is 25.5 Å². The van der Waals surface area contributed by atoms with E-state index in [1.807, 2.05) is 0 Å². The van der Waals surface area contributed by atoms with Gasteiger partial charge in [0.2, 0.25) is 0 Å². The van der Waals surface area contributed by atoms with E-state index in [9.17, 15) is 18.0 Å². The molecule has 2 rings (SSSR count). The van der Waals surface area contributed by atoms with Gasteiger partial charge in [-0.15, -0.1) is 0 Å². The van der Waals surface area contributed by atoms with E-state index in [-0.39, 0.29) is 5.56 Å². The van der Waals surface area contributed by atoms with E-state index in [0.29, 0.717) is 12.5 Å². The highest BCUT2D eigenvalue weighted by atomic mass is 19.4. The Labute approximate surface area is 102 Å². The first-order valence-electron chi connectivity index (χ1n) is 5.63. The third kappa shape index (κ3) is 3.01. The van der Waals surface area contributed by atoms with Crippen molar-refractivity contribution < 1.29 is 18.0 Å². The lowest BCUT2D eigenvalue weighted by atomic mass is 10.0. The molecule has 0 saturated carbocycles. The van der Waals surface area contributed by atoms with Crippen molar-refractivity contribution in [3.63, 3.8) is 0 Å². The Morgan fingerprint density at radius 3 is 2.67 bits per heavy atom. The smallest absolute Gasteiger partial charge is 0.352 e. The fourth-order valence-electron chi connectivity index (χ4n) is 1.67. The van der Waals surface area contributed by atoms with Crippen LogP contribution < -0.4 is 10.6 Å². The zero-order valence-corrected chi connectivity index (χ0v) is 9.55. The molecule has 1 aliphatic heterocycles. The largest absolute Gasteiger partial charge is 0.416 e. The molecule has 0 bridgehead atoms. The first kappa shape index (κ1) is 12.9. The molecule has 1 heterocycles. The lowest BCUT2D eigenvalue weighted by Gasteiger charge is -2.27. The van der Waals surface area contributed by atoms with Crippen LogP contribution in [0.2, 0.25) is 0 Å². The third-order valence-electron chi connectivity index (χ3n) is 2.87. The quantitative estimate of drug-likeness (QED) is 0.865. The van der Waals surface area contributed by atoms with Gasteiger partial charge in [0.05, 0.1) is 5.56 Å². The maximum atomic E-state index is 12.5. The molecule has 0 atom stereocenters. The summed E-state index contributed by atoms with van der Waals surface area (Å²) in [5.41, 5.74) is -0.766. The molecule has 1 saturated heterocycles. The number of halogens is 3. The minimum Gasteiger partial charge on any atom is -0.352 e. The van der Waals surface area contributed by atoms with Crippen molar-refractivity contribution in [2.75, 3.05) is 19.6 Å². The van der Waals surface area contributed by atoms with Crippen LogP contribution >= 0.6 is 0 Å². The Balaban J connectivity index is 2.00. The van der Waals surface area contributed by atoms with Crippen LogP contribution in [0.3, 0.4) is 0 Å². The molecule has 0 spiro atoms. The number of amides is 1. The molecule has 3 nitrogen and oxygen atoms in total. The number of benzene rings is 1. The number of carbonyl (C=O) groups is 1. The van der Waals surface area contributed by atoms with Gasteiger partial charge in [0.25, 0.3) is 5.91 Å². The number of hydrogen-bond acceptors (Lipinski definition) is 2. The van der Waals surface area contributed by atoms with Gasteiger partial charge in [0, 0.05) is 31.1 Å². The molecule has 2 N–H and O–H groups in total. The molecule has 1 amide bonds. The van der Waals surface area contributed by atoms with Crippen LogP contribution in [0.4, 0.5) is 13.2 Å². The van der Waals surface area contributed by atoms with Gasteiger partial charge in [-0.05, 0) is 18.2 Å². The van der Waals surface area contributed by atoms with Gasteiger partial charge in [-0.2, -0.15) is 13.2 Å². The first-order chi connectivity index (χ1) is 8.47. The second-order valence-electron chi connectivity index (χ2n) is 4.31. The van der Waals surface area contributed by atoms with Crippen molar-refractivity contribution in [3.8, 4) is 0 Å². The lowest BCUT2D eigenvalue weighted by molar-refractivity contribution is -0.137. The van der Waals surface area contributed by atoms with E-state index in [4.69, 9.17) is 0 Å². The number of carbonyl (C=O) groups excluding carboxylic acids is 1. The van der Waals surface area contributed by atoms with Crippen LogP contribution in [-0.2, 0) is 6.18 Å². The second kappa shape index (κ2) is 4.97. The van der Waals surface area contributed by atoms with E-state index >= 15 is 0 Å². The highest BCUT2D eigenvalue weighted by Gasteiger charge is 2.30. The number of hydrogen-bond donors (Lipinski definition) is 2. The monoisotopic (exact) mass is 258 g/mol. The minimum absolute atomic E-state index is 0.0390. The average Bonchev–Trinajstić information content (AvgIpc) is 2.26. The van der Waals surface area contributed by atoms with Gasteiger partial charge < -0.3 is 10.6 Å². The Morgan fingerprint density at radius 1 is 1.39 bits per heavy atom. The first-order valence-corrected chi connectivity index (χ1v) is 5.63. The third-order valence-corrected chi connectivity index (χ3v) is 2.87. The summed E-state index contributed by atoms with van der Waals surface area (Å²) in [4.78, 5) is 11.7. The van der Waals surface area contributed by atoms with E-state index in [0.717, 1.165) is 25.2 Å². The van der Waals surface area contributed by atoms with Crippen LogP contribution in [0.1, 0.15) is 15.9 Å². The fraction of sp³-hybridized carbons (Fsp3) is 0.417. The molecule has 1 aliphatic rings. The van der Waals surface area contributed by atoms with Crippen molar-refractivity contribution in [1.29, 1.82) is 0 Å². The van der Waals surface area contributed by atoms with E-state index in [1.54, 1.807) is 0 Å². The number of nitrogens with one attached hydrogen (secondary N) is 2. The molecule has 0 aliphatic carbocycles. The van der Waals surface area contributed by atoms with Crippen LogP contribution in [0.25, 0.3) is 0 Å². The summed E-state index contributed by atoms with van der Waals surface area (Å²) in [6.45, 7) is 2.16. The van der Waals surface area contributed by atoms with E-state index in [1.165, 1.54) is 12.1 Å². The highest BCUT2D eigenvalue weighted by molar-refractivity contribution is 5.94. The van der Waals surface area contributed by atoms with Crippen molar-refractivity contribution in [1.82, 2.24) is 10.6 Å². The zero-order chi connectivity index (χ0) is 13.2. The number of rotatable bonds is 3. The van der Waals surface area contributed by atoms with E-state index in [2.05, 4.69) is 10.6 Å². The molecule has 1 fully saturated rings. The van der Waals surface area contributed by atoms with Crippen LogP contribution in [0.5, 0.6) is 0 Å². The molecule has 18 heavy (non-hydrogen) atoms. The van der Waals surface area contributed by atoms with Crippen molar-refractivity contribution in [3.05, 3.63) is 35.4 Å². The predicted molar refractivity (Wildman–Crippen MR) is 60.1 cm³/mol. The standard InChI is InChI=1S/C12H13F3N2O/c13-12(14,15)10-3-1-2-9(4-10)11(18)17-7-8-5-16-6-8/h1-4,8,16H,5-7H2,(H,17,18). The van der Waals surface area contributed by atoms with Crippen LogP contribution in [0.15, 0.2) is 24.3 Å². The fourth-order valence-corrected chi connectivity index (χ4v) is 1.67. The summed E-state index contributed by atoms with van der Waals surface area (Å²) in [6.07, 6.45) is -4.42. The Hall–Kier alpha value is -1.56. The molecule has 1 aromatic carbocycles. The van der Waals surface area contributed by atoms with Crippen molar-refractivity contribution in [2.24, 2.45) is 5.92 Å². The maximum Gasteiger partial charge on any atom is 0.416 e. The van der Waals surface area contributed by atoms with Crippen LogP contribution in [0, 0.1) is 5.92 Å². The van der Waals surface area contributed by atoms with Gasteiger partial charge in [0.15, 0.2) is 0 Å². The minimum atomic E-state index is -4.42. The van der Waals surface area contributed by atoms with Gasteiger partial charge in [-0.3, -0.25) is 4.79 Å². The van der Waals surface area contributed by atoms with E-state index < -0.39 is 17.6 Å². The molecule has 0 aromatic heterocycles. The molecule has 1 aromatic rings. The lowest BCUT2D eigenvalue weighted by Crippen LogP contribution is -2.48. The summed E-state index contributed by atoms with van der Waals surface area (Å²) in [6, 6.07) is 4.44. The second-order valence-corrected chi connectivity index (χ2v) is 4.31. The average molecular weight is 258 g/mol. The Bertz CT molecular complexity index is 441. The summed E-state index contributed by atoms with van der Waals surface area (Å²) < 4.78 is 37.4. The highest BCUT2D eigenvalue weighted by Crippen LogP contribution is 2.29. The van der Waals surface area contributed by atoms with Gasteiger partial charge >= 0.3 is 6.18 Å². The van der Waals surface area contributed by atoms with Crippen molar-refractivity contribution >= 4 is 5.91 Å². The maximum absolute atomic E-state index is 12.5. The number of alkyl halides is 3. The van der Waals surface area contributed by atoms with Crippen molar-refractivity contribution in [2.45, 2.75) is 6.18 Å². The topological polar surface area (TPSA) is 41.1 Å². The summed E-state index contributed by atoms with van der Waals surface area (Å²) in [7, 11) is 0. The SMILES string of the molecule is O=C(NCC1CNC1)c1cccc(C(F)(F)F)c1. The summed E-state index contributed by atoms with van der Waals surface area (Å²) in [5, 5.41) is 5.69. The molecular weight excluding hydrogens is 245 g/mol. The van der Waals surface area contributed by atoms with Gasteiger partial charge in [0.1, 0.15) is 0 Å². The zero-order valence-electron chi connectivity index (χ0n) is 9.55. The molecule has 98 valence electrons. The molecule has 0 unspecified atom stereocenters. The molecular formula is C12H13F3N2O. The van der Waals surface area contributed by atoms with Gasteiger partial charge in [-0.1, -0.05) is 6.07 Å². The van der Waals surface area contributed by atoms with Gasteiger partial charge in [-0.25, -0.2) is 0 Å². The summed E-state index contributed by atoms with van der Waals surface area (Å²) >= 11 is 0.